The monoisotopic (exact) mass is 1380 g/mol. The van der Waals surface area contributed by atoms with Crippen LogP contribution >= 0.6 is 56.9 Å². The summed E-state index contributed by atoms with van der Waals surface area (Å²) in [7, 11) is -6.33. The third-order valence-electron chi connectivity index (χ3n) is 12.5. The third kappa shape index (κ3) is 17.9. The summed E-state index contributed by atoms with van der Waals surface area (Å²) in [5.41, 5.74) is 13.8. The van der Waals surface area contributed by atoms with Gasteiger partial charge in [-0.15, -0.1) is 45.3 Å². The first-order valence-electron chi connectivity index (χ1n) is 25.9. The Morgan fingerprint density at radius 3 is 1.55 bits per heavy atom. The molecule has 0 atom stereocenters. The first kappa shape index (κ1) is 69.0. The fraction of sp³-hybridized carbons (Fsp3) is 0.0678. The van der Waals surface area contributed by atoms with Crippen molar-refractivity contribution in [3.8, 4) is 0 Å². The summed E-state index contributed by atoms with van der Waals surface area (Å²) >= 11 is 11.2. The van der Waals surface area contributed by atoms with Gasteiger partial charge in [-0.1, -0.05) is 11.6 Å². The van der Waals surface area contributed by atoms with Crippen LogP contribution in [0.3, 0.4) is 0 Å². The topological polar surface area (TPSA) is 417 Å². The number of aryl methyl sites for hydroxylation is 1. The second kappa shape index (κ2) is 30.4. The summed E-state index contributed by atoms with van der Waals surface area (Å²) in [6, 6.07) is 39.0. The number of aromatic carboxylic acids is 1. The minimum atomic E-state index is -3.35. The Hall–Kier alpha value is -10.5. The highest BCUT2D eigenvalue weighted by Gasteiger charge is 2.26. The smallest absolute Gasteiger partial charge is 0.348 e. The summed E-state index contributed by atoms with van der Waals surface area (Å²) in [6.07, 6.45) is 2.44. The number of carboxylic acid groups (broad SMARTS) is 1. The van der Waals surface area contributed by atoms with Crippen molar-refractivity contribution in [2.45, 2.75) is 23.1 Å². The number of nitro groups is 5. The fourth-order valence-corrected chi connectivity index (χ4v) is 14.5. The molecule has 6 heterocycles. The number of benzene rings is 7. The Kier molecular flexibility index (Phi) is 22.8. The largest absolute Gasteiger partial charge is 0.477 e. The fourth-order valence-electron chi connectivity index (χ4n) is 8.21. The number of ether oxygens (including phenoxy) is 1. The zero-order valence-electron chi connectivity index (χ0n) is 47.0. The number of non-ortho nitro benzene ring substituents is 5. The molecule has 4 aromatic heterocycles. The molecule has 0 fully saturated rings. The van der Waals surface area contributed by atoms with E-state index in [1.54, 1.807) is 78.1 Å². The third-order valence-corrected chi connectivity index (χ3v) is 20.2. The lowest BCUT2D eigenvalue weighted by molar-refractivity contribution is -0.385. The normalized spacial score (nSPS) is 12.3. The summed E-state index contributed by atoms with van der Waals surface area (Å²) in [5, 5.41) is 69.5. The maximum Gasteiger partial charge on any atom is 0.348 e. The lowest BCUT2D eigenvalue weighted by Crippen LogP contribution is -2.01. The van der Waals surface area contributed by atoms with Crippen molar-refractivity contribution < 1.29 is 65.7 Å². The number of aldehydes is 1. The number of carbonyl (C=O) groups excluding carboxylic acids is 2. The molecular formula is C59H44ClN7O19S6. The number of fused-ring (bicyclic) bond motifs is 6. The number of hydrogen-bond acceptors (Lipinski definition) is 24. The molecule has 0 aliphatic carbocycles. The Bertz CT molecular complexity index is 4960. The van der Waals surface area contributed by atoms with Gasteiger partial charge in [0.1, 0.15) is 9.75 Å². The lowest BCUT2D eigenvalue weighted by Gasteiger charge is -1.98. The van der Waals surface area contributed by atoms with Crippen LogP contribution in [0, 0.1) is 50.6 Å². The van der Waals surface area contributed by atoms with Crippen molar-refractivity contribution >= 4 is 181 Å². The van der Waals surface area contributed by atoms with Gasteiger partial charge < -0.3 is 21.3 Å². The van der Waals surface area contributed by atoms with Crippen LogP contribution in [-0.4, -0.2) is 77.1 Å². The van der Waals surface area contributed by atoms with E-state index in [2.05, 4.69) is 17.5 Å². The van der Waals surface area contributed by atoms with Crippen LogP contribution in [0.4, 0.5) is 39.8 Å². The van der Waals surface area contributed by atoms with Gasteiger partial charge in [0, 0.05) is 118 Å². The Balaban J connectivity index is 0.000000153. The molecule has 0 unspecified atom stereocenters. The van der Waals surface area contributed by atoms with Crippen LogP contribution in [-0.2, 0) is 30.8 Å². The van der Waals surface area contributed by atoms with E-state index in [1.165, 1.54) is 94.2 Å². The maximum absolute atomic E-state index is 11.5. The van der Waals surface area contributed by atoms with Gasteiger partial charge in [-0.2, -0.15) is 0 Å². The van der Waals surface area contributed by atoms with Crippen LogP contribution < -0.4 is 11.5 Å². The summed E-state index contributed by atoms with van der Waals surface area (Å²) in [6.45, 7) is 2.04. The van der Waals surface area contributed by atoms with E-state index in [9.17, 15) is 81.8 Å². The molecule has 26 nitrogen and oxygen atoms in total. The zero-order valence-corrected chi connectivity index (χ0v) is 52.6. The van der Waals surface area contributed by atoms with E-state index >= 15 is 0 Å². The minimum absolute atomic E-state index is 0.0192. The number of nitrogen functional groups attached to an aromatic ring is 2. The molecule has 11 aromatic rings. The first-order valence-corrected chi connectivity index (χ1v) is 32.9. The van der Waals surface area contributed by atoms with Gasteiger partial charge in [0.25, 0.3) is 28.4 Å². The van der Waals surface area contributed by atoms with Crippen LogP contribution in [0.15, 0.2) is 178 Å². The highest BCUT2D eigenvalue weighted by atomic mass is 35.5. The van der Waals surface area contributed by atoms with Gasteiger partial charge in [0.15, 0.2) is 26.0 Å². The molecule has 7 aromatic carbocycles. The van der Waals surface area contributed by atoms with E-state index in [-0.39, 0.29) is 59.5 Å². The predicted molar refractivity (Wildman–Crippen MR) is 354 cm³/mol. The Morgan fingerprint density at radius 2 is 1.01 bits per heavy atom. The molecule has 2 aliphatic heterocycles. The maximum atomic E-state index is 11.5. The number of thiophene rings is 4. The number of nitrogens with zero attached hydrogens (tertiary/aromatic N) is 5. The van der Waals surface area contributed by atoms with Crippen molar-refractivity contribution in [2.24, 2.45) is 0 Å². The van der Waals surface area contributed by atoms with E-state index in [1.807, 2.05) is 23.6 Å². The quantitative estimate of drug-likeness (QED) is 0.0397. The van der Waals surface area contributed by atoms with Gasteiger partial charge >= 0.3 is 11.9 Å². The molecule has 13 rings (SSSR count). The lowest BCUT2D eigenvalue weighted by atomic mass is 10.1. The number of anilines is 2. The average molecular weight is 1380 g/mol. The molecule has 0 radical (unpaired) electrons. The molecule has 0 saturated carbocycles. The van der Waals surface area contributed by atoms with Gasteiger partial charge in [0.2, 0.25) is 0 Å². The molecule has 33 heteroatoms. The van der Waals surface area contributed by atoms with Crippen molar-refractivity contribution in [2.75, 3.05) is 23.8 Å². The number of rotatable bonds is 9. The summed E-state index contributed by atoms with van der Waals surface area (Å²) in [5.74, 6) is -1.18. The first-order chi connectivity index (χ1) is 43.6. The summed E-state index contributed by atoms with van der Waals surface area (Å²) < 4.78 is 54.0. The molecule has 0 saturated heterocycles. The van der Waals surface area contributed by atoms with Gasteiger partial charge in [-0.25, -0.2) is 26.4 Å². The van der Waals surface area contributed by atoms with Gasteiger partial charge in [-0.3, -0.25) is 55.4 Å². The van der Waals surface area contributed by atoms with E-state index < -0.39 is 51.3 Å². The van der Waals surface area contributed by atoms with Crippen LogP contribution in [0.1, 0.15) is 47.8 Å². The van der Waals surface area contributed by atoms with E-state index in [4.69, 9.17) is 32.9 Å². The van der Waals surface area contributed by atoms with Crippen molar-refractivity contribution in [1.29, 1.82) is 0 Å². The number of hydrogen-bond donors (Lipinski definition) is 3. The van der Waals surface area contributed by atoms with Crippen LogP contribution in [0.2, 0.25) is 5.02 Å². The molecule has 0 amide bonds. The van der Waals surface area contributed by atoms with Crippen molar-refractivity contribution in [3.63, 3.8) is 0 Å². The second-order valence-electron chi connectivity index (χ2n) is 18.7. The standard InChI is InChI=1S/C11H9NO4S.C9H5NO4S.C8H5NO4S.C8H9NO2S.C8H5NO2S.C8H7NS.C7H4ClNO3/c1-2-16-11(13)10-6-7-5-8(12(14)15)3-4-9(7)17-10;11-9(12)8-4-5-3-6(10(13)14)1-2-7(5)15-8;10-9(11)7-1-2-8-6(5-7)3-4-14(8,12)13;9-7-1-2-8-6(5-7)3-4-12(8,10)11;10-9(11)7-1-2-8-6(5-7)3-4-12-8;9-7-1-2-8-6(5-7)3-4-10-8;8-7-2-1-6(9(11)12)3-5(7)4-10/h3-6H,2H2,1H3;1-4H,(H,11,12);1-5H;1-2,5H,3-4,9H2;1-5H;1-5H,9H2;1-4H. The Morgan fingerprint density at radius 1 is 0.565 bits per heavy atom. The number of carboxylic acids is 1. The Labute approximate surface area is 540 Å². The van der Waals surface area contributed by atoms with Crippen LogP contribution in [0.25, 0.3) is 46.4 Å². The summed E-state index contributed by atoms with van der Waals surface area (Å²) in [4.78, 5) is 83.3. The second-order valence-corrected chi connectivity index (χ2v) is 27.0. The molecule has 2 aliphatic rings. The van der Waals surface area contributed by atoms with Crippen molar-refractivity contribution in [1.82, 2.24) is 0 Å². The average Bonchev–Trinajstić information content (AvgIpc) is 1.67. The predicted octanol–water partition coefficient (Wildman–Crippen LogP) is 14.8. The van der Waals surface area contributed by atoms with Gasteiger partial charge in [-0.05, 0) is 138 Å². The number of sulfone groups is 2. The SMILES string of the molecule is CCOC(=O)c1cc2cc([N+](=O)[O-])ccc2s1.Nc1ccc2c(c1)CCS2(=O)=O.Nc1ccc2sccc2c1.O=C(O)c1cc2cc([N+](=O)[O-])ccc2s1.O=Cc1cc([N+](=O)[O-])ccc1Cl.O=[N+]([O-])c1ccc2c(c1)C=CS2(=O)=O.O=[N+]([O-])c1ccc2sccc2c1. The highest BCUT2D eigenvalue weighted by Crippen LogP contribution is 2.33. The zero-order chi connectivity index (χ0) is 67.2. The highest BCUT2D eigenvalue weighted by molar-refractivity contribution is 7.94. The molecule has 5 N–H and O–H groups in total. The van der Waals surface area contributed by atoms with E-state index in [0.717, 1.165) is 53.5 Å². The van der Waals surface area contributed by atoms with Gasteiger partial charge in [0.05, 0.1) is 51.8 Å². The van der Waals surface area contributed by atoms with Crippen LogP contribution in [0.5, 0.6) is 0 Å². The molecule has 472 valence electrons. The number of nitrogens with two attached hydrogens (primary N) is 2. The number of carbonyl (C=O) groups is 3. The van der Waals surface area contributed by atoms with Crippen molar-refractivity contribution in [3.05, 3.63) is 250 Å². The number of esters is 1. The molecular weight excluding hydrogens is 1340 g/mol. The molecule has 0 spiro atoms. The van der Waals surface area contributed by atoms with E-state index in [0.29, 0.717) is 51.1 Å². The minimum Gasteiger partial charge on any atom is -0.477 e. The molecule has 92 heavy (non-hydrogen) atoms. The number of halogens is 1. The number of nitro benzene ring substituents is 5. The molecule has 0 bridgehead atoms.